The molecule has 0 heterocycles. The molecule has 0 aromatic heterocycles. The van der Waals surface area contributed by atoms with Crippen LogP contribution in [0.2, 0.25) is 0 Å². The molecule has 0 aliphatic carbocycles. The van der Waals surface area contributed by atoms with Crippen LogP contribution in [0, 0.1) is 0 Å². The standard InChI is InChI=1S/C10H17N3O/c1-3-8-6-9(12-7-13-11)4-5-10(8)14-2/h4-6,12-13H,3,7,11H2,1-2H3. The van der Waals surface area contributed by atoms with Crippen LogP contribution in [0.4, 0.5) is 5.69 Å². The van der Waals surface area contributed by atoms with Crippen LogP contribution in [-0.4, -0.2) is 13.8 Å². The zero-order valence-corrected chi connectivity index (χ0v) is 8.63. The third-order valence-electron chi connectivity index (χ3n) is 2.06. The number of benzene rings is 1. The summed E-state index contributed by atoms with van der Waals surface area (Å²) < 4.78 is 5.23. The van der Waals surface area contributed by atoms with Gasteiger partial charge in [-0.25, -0.2) is 5.43 Å². The first kappa shape index (κ1) is 10.8. The van der Waals surface area contributed by atoms with Gasteiger partial charge in [0.15, 0.2) is 0 Å². The van der Waals surface area contributed by atoms with Gasteiger partial charge in [-0.05, 0) is 30.2 Å². The van der Waals surface area contributed by atoms with Gasteiger partial charge in [0.2, 0.25) is 0 Å². The molecule has 14 heavy (non-hydrogen) atoms. The smallest absolute Gasteiger partial charge is 0.122 e. The molecule has 1 rings (SSSR count). The molecule has 0 bridgehead atoms. The Labute approximate surface area is 84.4 Å². The van der Waals surface area contributed by atoms with E-state index in [1.807, 2.05) is 12.1 Å². The van der Waals surface area contributed by atoms with Gasteiger partial charge in [-0.3, -0.25) is 5.84 Å². The highest BCUT2D eigenvalue weighted by Crippen LogP contribution is 2.22. The number of hydrogen-bond donors (Lipinski definition) is 3. The van der Waals surface area contributed by atoms with Gasteiger partial charge in [0.1, 0.15) is 5.75 Å². The lowest BCUT2D eigenvalue weighted by Crippen LogP contribution is -2.28. The summed E-state index contributed by atoms with van der Waals surface area (Å²) in [5.74, 6) is 6.10. The molecule has 0 saturated heterocycles. The van der Waals surface area contributed by atoms with Crippen LogP contribution < -0.4 is 21.3 Å². The molecular weight excluding hydrogens is 178 g/mol. The van der Waals surface area contributed by atoms with Gasteiger partial charge in [-0.2, -0.15) is 0 Å². The van der Waals surface area contributed by atoms with Crippen molar-refractivity contribution in [1.29, 1.82) is 0 Å². The molecule has 0 aliphatic rings. The lowest BCUT2D eigenvalue weighted by molar-refractivity contribution is 0.410. The Bertz CT molecular complexity index is 289. The van der Waals surface area contributed by atoms with E-state index in [0.29, 0.717) is 6.67 Å². The monoisotopic (exact) mass is 195 g/mol. The molecule has 4 heteroatoms. The minimum atomic E-state index is 0.551. The topological polar surface area (TPSA) is 59.3 Å². The van der Waals surface area contributed by atoms with Crippen LogP contribution in [0.3, 0.4) is 0 Å². The van der Waals surface area contributed by atoms with Gasteiger partial charge < -0.3 is 10.1 Å². The predicted molar refractivity (Wildman–Crippen MR) is 58.2 cm³/mol. The van der Waals surface area contributed by atoms with E-state index in [-0.39, 0.29) is 0 Å². The van der Waals surface area contributed by atoms with Gasteiger partial charge in [0, 0.05) is 5.69 Å². The molecule has 0 aliphatic heterocycles. The normalized spacial score (nSPS) is 9.93. The van der Waals surface area contributed by atoms with Crippen LogP contribution in [0.5, 0.6) is 5.75 Å². The predicted octanol–water partition coefficient (Wildman–Crippen LogP) is 1.09. The van der Waals surface area contributed by atoms with Crippen LogP contribution in [0.15, 0.2) is 18.2 Å². The number of ether oxygens (including phenoxy) is 1. The lowest BCUT2D eigenvalue weighted by Gasteiger charge is -2.10. The van der Waals surface area contributed by atoms with E-state index in [1.54, 1.807) is 7.11 Å². The maximum Gasteiger partial charge on any atom is 0.122 e. The van der Waals surface area contributed by atoms with Crippen LogP contribution in [-0.2, 0) is 6.42 Å². The molecule has 0 spiro atoms. The van der Waals surface area contributed by atoms with Crippen molar-refractivity contribution < 1.29 is 4.74 Å². The second-order valence-corrected chi connectivity index (χ2v) is 2.94. The van der Waals surface area contributed by atoms with Crippen molar-refractivity contribution in [2.75, 3.05) is 19.1 Å². The molecule has 4 nitrogen and oxygen atoms in total. The van der Waals surface area contributed by atoms with Gasteiger partial charge >= 0.3 is 0 Å². The van der Waals surface area contributed by atoms with E-state index in [4.69, 9.17) is 10.6 Å². The van der Waals surface area contributed by atoms with Gasteiger partial charge in [-0.1, -0.05) is 6.92 Å². The highest BCUT2D eigenvalue weighted by atomic mass is 16.5. The number of aryl methyl sites for hydroxylation is 1. The van der Waals surface area contributed by atoms with Crippen molar-refractivity contribution >= 4 is 5.69 Å². The SMILES string of the molecule is CCc1cc(NCNN)ccc1OC. The fourth-order valence-corrected chi connectivity index (χ4v) is 1.32. The van der Waals surface area contributed by atoms with E-state index >= 15 is 0 Å². The third kappa shape index (κ3) is 2.61. The number of anilines is 1. The number of nitrogens with one attached hydrogen (secondary N) is 2. The average molecular weight is 195 g/mol. The number of methoxy groups -OCH3 is 1. The van der Waals surface area contributed by atoms with Gasteiger partial charge in [0.25, 0.3) is 0 Å². The average Bonchev–Trinajstić information content (AvgIpc) is 2.25. The maximum absolute atomic E-state index is 5.23. The Morgan fingerprint density at radius 2 is 2.21 bits per heavy atom. The Balaban J connectivity index is 2.79. The van der Waals surface area contributed by atoms with Crippen molar-refractivity contribution in [3.05, 3.63) is 23.8 Å². The molecule has 0 unspecified atom stereocenters. The molecule has 0 fully saturated rings. The Morgan fingerprint density at radius 1 is 1.43 bits per heavy atom. The largest absolute Gasteiger partial charge is 0.496 e. The number of nitrogens with two attached hydrogens (primary N) is 1. The van der Waals surface area contributed by atoms with E-state index in [1.165, 1.54) is 5.56 Å². The first-order chi connectivity index (χ1) is 6.81. The molecule has 4 N–H and O–H groups in total. The quantitative estimate of drug-likeness (QED) is 0.374. The highest BCUT2D eigenvalue weighted by molar-refractivity contribution is 5.51. The minimum absolute atomic E-state index is 0.551. The maximum atomic E-state index is 5.23. The molecule has 0 saturated carbocycles. The molecule has 1 aromatic rings. The molecule has 0 radical (unpaired) electrons. The van der Waals surface area contributed by atoms with E-state index in [9.17, 15) is 0 Å². The summed E-state index contributed by atoms with van der Waals surface area (Å²) >= 11 is 0. The summed E-state index contributed by atoms with van der Waals surface area (Å²) in [6.07, 6.45) is 0.953. The van der Waals surface area contributed by atoms with Crippen LogP contribution in [0.25, 0.3) is 0 Å². The highest BCUT2D eigenvalue weighted by Gasteiger charge is 2.01. The van der Waals surface area contributed by atoms with Gasteiger partial charge in [0.05, 0.1) is 13.8 Å². The first-order valence-corrected chi connectivity index (χ1v) is 4.66. The Kier molecular flexibility index (Phi) is 4.22. The summed E-state index contributed by atoms with van der Waals surface area (Å²) in [5, 5.41) is 3.13. The Morgan fingerprint density at radius 3 is 2.79 bits per heavy atom. The van der Waals surface area contributed by atoms with Crippen molar-refractivity contribution in [2.24, 2.45) is 5.84 Å². The summed E-state index contributed by atoms with van der Waals surface area (Å²) in [6, 6.07) is 5.99. The van der Waals surface area contributed by atoms with Crippen molar-refractivity contribution in [3.63, 3.8) is 0 Å². The zero-order valence-electron chi connectivity index (χ0n) is 8.63. The third-order valence-corrected chi connectivity index (χ3v) is 2.06. The zero-order chi connectivity index (χ0) is 10.4. The van der Waals surface area contributed by atoms with Crippen molar-refractivity contribution in [2.45, 2.75) is 13.3 Å². The molecule has 78 valence electrons. The van der Waals surface area contributed by atoms with E-state index < -0.39 is 0 Å². The number of hydrogen-bond acceptors (Lipinski definition) is 4. The summed E-state index contributed by atoms with van der Waals surface area (Å²) in [7, 11) is 1.68. The van der Waals surface area contributed by atoms with Crippen LogP contribution >= 0.6 is 0 Å². The van der Waals surface area contributed by atoms with Gasteiger partial charge in [-0.15, -0.1) is 0 Å². The summed E-state index contributed by atoms with van der Waals surface area (Å²) in [6.45, 7) is 2.65. The summed E-state index contributed by atoms with van der Waals surface area (Å²) in [4.78, 5) is 0. The molecular formula is C10H17N3O. The Hall–Kier alpha value is -1.26. The second kappa shape index (κ2) is 5.47. The van der Waals surface area contributed by atoms with Crippen LogP contribution in [0.1, 0.15) is 12.5 Å². The molecule has 0 atom stereocenters. The van der Waals surface area contributed by atoms with E-state index in [0.717, 1.165) is 17.9 Å². The molecule has 1 aromatic carbocycles. The van der Waals surface area contributed by atoms with Crippen molar-refractivity contribution in [3.8, 4) is 5.75 Å². The number of rotatable bonds is 5. The fourth-order valence-electron chi connectivity index (χ4n) is 1.32. The lowest BCUT2D eigenvalue weighted by atomic mass is 10.1. The van der Waals surface area contributed by atoms with E-state index in [2.05, 4.69) is 23.7 Å². The fraction of sp³-hybridized carbons (Fsp3) is 0.400. The van der Waals surface area contributed by atoms with Crippen molar-refractivity contribution in [1.82, 2.24) is 5.43 Å². The second-order valence-electron chi connectivity index (χ2n) is 2.94. The number of hydrazine groups is 1. The summed E-state index contributed by atoms with van der Waals surface area (Å²) in [5.41, 5.74) is 4.77. The minimum Gasteiger partial charge on any atom is -0.496 e. The first-order valence-electron chi connectivity index (χ1n) is 4.66. The molecule has 0 amide bonds.